The van der Waals surface area contributed by atoms with Crippen LogP contribution in [0.15, 0.2) is 27.7 Å². The Bertz CT molecular complexity index is 797. The summed E-state index contributed by atoms with van der Waals surface area (Å²) in [6, 6.07) is 6.24. The van der Waals surface area contributed by atoms with E-state index in [2.05, 4.69) is 71.7 Å². The van der Waals surface area contributed by atoms with Gasteiger partial charge in [-0.05, 0) is 39.3 Å². The second-order valence-corrected chi connectivity index (χ2v) is 8.13. The van der Waals surface area contributed by atoms with Gasteiger partial charge in [-0.15, -0.1) is 24.0 Å². The molecule has 0 aliphatic rings. The number of halogens is 1. The van der Waals surface area contributed by atoms with Gasteiger partial charge in [-0.3, -0.25) is 4.99 Å². The van der Waals surface area contributed by atoms with Crippen molar-refractivity contribution in [1.29, 1.82) is 0 Å². The Morgan fingerprint density at radius 3 is 2.55 bits per heavy atom. The number of ether oxygens (including phenoxy) is 1. The molecule has 1 aromatic carbocycles. The van der Waals surface area contributed by atoms with Crippen molar-refractivity contribution in [2.75, 3.05) is 13.6 Å². The van der Waals surface area contributed by atoms with E-state index in [1.165, 1.54) is 5.56 Å². The first-order valence-electron chi connectivity index (χ1n) is 9.73. The van der Waals surface area contributed by atoms with E-state index in [-0.39, 0.29) is 35.5 Å². The lowest BCUT2D eigenvalue weighted by molar-refractivity contribution is 0.129. The molecule has 0 unspecified atom stereocenters. The minimum absolute atomic E-state index is 0. The van der Waals surface area contributed by atoms with Gasteiger partial charge >= 0.3 is 0 Å². The number of hydrogen-bond acceptors (Lipinski definition) is 5. The topological polar surface area (TPSA) is 84.6 Å². The summed E-state index contributed by atoms with van der Waals surface area (Å²) < 4.78 is 11.4. The number of hydrogen-bond donors (Lipinski definition) is 2. The van der Waals surface area contributed by atoms with Crippen molar-refractivity contribution in [3.63, 3.8) is 0 Å². The van der Waals surface area contributed by atoms with Crippen molar-refractivity contribution >= 4 is 29.9 Å². The van der Waals surface area contributed by atoms with Crippen LogP contribution in [0.25, 0.3) is 0 Å². The molecule has 0 saturated heterocycles. The fourth-order valence-corrected chi connectivity index (χ4v) is 2.52. The minimum Gasteiger partial charge on any atom is -0.488 e. The predicted molar refractivity (Wildman–Crippen MR) is 127 cm³/mol. The SMILES string of the molecule is CN=C(NCCc1nc(C(C)C)no1)NCc1ccc(C)cc1OC(C)(C)C.I. The molecule has 2 rings (SSSR count). The van der Waals surface area contributed by atoms with E-state index in [1.807, 2.05) is 13.8 Å². The number of guanidine groups is 1. The second-order valence-electron chi connectivity index (χ2n) is 8.13. The van der Waals surface area contributed by atoms with E-state index in [0.717, 1.165) is 17.1 Å². The average Bonchev–Trinajstić information content (AvgIpc) is 3.07. The van der Waals surface area contributed by atoms with Crippen LogP contribution in [0.3, 0.4) is 0 Å². The molecule has 29 heavy (non-hydrogen) atoms. The number of aryl methyl sites for hydroxylation is 1. The quantitative estimate of drug-likeness (QED) is 0.327. The molecule has 0 amide bonds. The monoisotopic (exact) mass is 515 g/mol. The predicted octanol–water partition coefficient (Wildman–Crippen LogP) is 4.20. The Labute approximate surface area is 191 Å². The number of nitrogens with zero attached hydrogens (tertiary/aromatic N) is 3. The summed E-state index contributed by atoms with van der Waals surface area (Å²) in [5.41, 5.74) is 2.01. The van der Waals surface area contributed by atoms with Crippen LogP contribution in [0.2, 0.25) is 0 Å². The van der Waals surface area contributed by atoms with E-state index < -0.39 is 0 Å². The van der Waals surface area contributed by atoms with Crippen LogP contribution in [0.5, 0.6) is 5.75 Å². The molecular formula is C21H34IN5O2. The molecule has 0 aliphatic carbocycles. The van der Waals surface area contributed by atoms with Gasteiger partial charge in [-0.2, -0.15) is 4.98 Å². The van der Waals surface area contributed by atoms with Crippen LogP contribution in [0.4, 0.5) is 0 Å². The lowest BCUT2D eigenvalue weighted by Gasteiger charge is -2.24. The summed E-state index contributed by atoms with van der Waals surface area (Å²) >= 11 is 0. The molecule has 0 radical (unpaired) electrons. The molecule has 2 N–H and O–H groups in total. The van der Waals surface area contributed by atoms with Gasteiger partial charge in [-0.1, -0.05) is 31.1 Å². The van der Waals surface area contributed by atoms with Crippen LogP contribution >= 0.6 is 24.0 Å². The maximum atomic E-state index is 6.11. The van der Waals surface area contributed by atoms with Gasteiger partial charge in [0.25, 0.3) is 0 Å². The lowest BCUT2D eigenvalue weighted by Crippen LogP contribution is -2.38. The second kappa shape index (κ2) is 11.4. The molecule has 0 aliphatic heterocycles. The first-order valence-corrected chi connectivity index (χ1v) is 9.73. The molecule has 0 spiro atoms. The Hall–Kier alpha value is -1.84. The van der Waals surface area contributed by atoms with E-state index in [0.29, 0.717) is 31.4 Å². The van der Waals surface area contributed by atoms with E-state index in [9.17, 15) is 0 Å². The molecule has 0 bridgehead atoms. The van der Waals surface area contributed by atoms with E-state index >= 15 is 0 Å². The maximum absolute atomic E-state index is 6.11. The van der Waals surface area contributed by atoms with Crippen LogP contribution in [-0.2, 0) is 13.0 Å². The van der Waals surface area contributed by atoms with Crippen LogP contribution < -0.4 is 15.4 Å². The molecule has 7 nitrogen and oxygen atoms in total. The summed E-state index contributed by atoms with van der Waals surface area (Å²) in [6.45, 7) is 13.6. The number of rotatable bonds is 7. The Balaban J connectivity index is 0.00000420. The normalized spacial score (nSPS) is 11.9. The molecule has 162 valence electrons. The third kappa shape index (κ3) is 8.59. The molecule has 0 saturated carbocycles. The fourth-order valence-electron chi connectivity index (χ4n) is 2.52. The first-order chi connectivity index (χ1) is 13.2. The van der Waals surface area contributed by atoms with Gasteiger partial charge < -0.3 is 19.9 Å². The summed E-state index contributed by atoms with van der Waals surface area (Å²) in [7, 11) is 1.75. The molecule has 1 aromatic heterocycles. The van der Waals surface area contributed by atoms with E-state index in [4.69, 9.17) is 9.26 Å². The summed E-state index contributed by atoms with van der Waals surface area (Å²) in [6.07, 6.45) is 0.642. The van der Waals surface area contributed by atoms with Crippen molar-refractivity contribution in [2.24, 2.45) is 4.99 Å². The van der Waals surface area contributed by atoms with Crippen LogP contribution in [0, 0.1) is 6.92 Å². The van der Waals surface area contributed by atoms with E-state index in [1.54, 1.807) is 7.05 Å². The third-order valence-electron chi connectivity index (χ3n) is 3.94. The zero-order chi connectivity index (χ0) is 20.7. The highest BCUT2D eigenvalue weighted by atomic mass is 127. The van der Waals surface area contributed by atoms with Gasteiger partial charge in [0.1, 0.15) is 11.4 Å². The highest BCUT2D eigenvalue weighted by molar-refractivity contribution is 14.0. The van der Waals surface area contributed by atoms with Crippen LogP contribution in [0.1, 0.15) is 63.4 Å². The zero-order valence-corrected chi connectivity index (χ0v) is 20.8. The molecule has 0 fully saturated rings. The fraction of sp³-hybridized carbons (Fsp3) is 0.571. The molecular weight excluding hydrogens is 481 g/mol. The summed E-state index contributed by atoms with van der Waals surface area (Å²) in [4.78, 5) is 8.66. The van der Waals surface area contributed by atoms with Gasteiger partial charge in [0, 0.05) is 38.0 Å². The zero-order valence-electron chi connectivity index (χ0n) is 18.5. The number of nitrogens with one attached hydrogen (secondary N) is 2. The van der Waals surface area contributed by atoms with Crippen molar-refractivity contribution in [3.05, 3.63) is 41.0 Å². The van der Waals surface area contributed by atoms with Gasteiger partial charge in [-0.25, -0.2) is 0 Å². The van der Waals surface area contributed by atoms with Gasteiger partial charge in [0.05, 0.1) is 0 Å². The van der Waals surface area contributed by atoms with Gasteiger partial charge in [0.15, 0.2) is 11.8 Å². The summed E-state index contributed by atoms with van der Waals surface area (Å²) in [5, 5.41) is 10.6. The minimum atomic E-state index is -0.249. The van der Waals surface area contributed by atoms with Crippen molar-refractivity contribution in [2.45, 2.75) is 66.0 Å². The molecule has 0 atom stereocenters. The largest absolute Gasteiger partial charge is 0.488 e. The maximum Gasteiger partial charge on any atom is 0.228 e. The number of aromatic nitrogens is 2. The Kier molecular flexibility index (Phi) is 9.88. The average molecular weight is 515 g/mol. The number of benzene rings is 1. The molecule has 8 heteroatoms. The summed E-state index contributed by atoms with van der Waals surface area (Å²) in [5.74, 6) is 3.24. The van der Waals surface area contributed by atoms with Crippen molar-refractivity contribution in [3.8, 4) is 5.75 Å². The van der Waals surface area contributed by atoms with Crippen molar-refractivity contribution in [1.82, 2.24) is 20.8 Å². The highest BCUT2D eigenvalue weighted by Crippen LogP contribution is 2.24. The van der Waals surface area contributed by atoms with Crippen LogP contribution in [-0.4, -0.2) is 35.3 Å². The Morgan fingerprint density at radius 1 is 1.24 bits per heavy atom. The highest BCUT2D eigenvalue weighted by Gasteiger charge is 2.15. The standard InChI is InChI=1S/C21H33N5O2.HI/c1-14(2)19-25-18(28-26-19)10-11-23-20(22-7)24-13-16-9-8-15(3)12-17(16)27-21(4,5)6;/h8-9,12,14H,10-11,13H2,1-7H3,(H2,22,23,24);1H. The molecule has 2 aromatic rings. The number of aliphatic imine (C=N–C) groups is 1. The third-order valence-corrected chi connectivity index (χ3v) is 3.94. The lowest BCUT2D eigenvalue weighted by atomic mass is 10.1. The Morgan fingerprint density at radius 2 is 1.97 bits per heavy atom. The smallest absolute Gasteiger partial charge is 0.228 e. The first kappa shape index (κ1) is 25.2. The van der Waals surface area contributed by atoms with Gasteiger partial charge in [0.2, 0.25) is 5.89 Å². The van der Waals surface area contributed by atoms with Crippen molar-refractivity contribution < 1.29 is 9.26 Å². The molecule has 1 heterocycles.